The summed E-state index contributed by atoms with van der Waals surface area (Å²) in [7, 11) is 0. The van der Waals surface area contributed by atoms with Crippen molar-refractivity contribution in [1.29, 1.82) is 0 Å². The van der Waals surface area contributed by atoms with E-state index in [1.807, 2.05) is 24.5 Å². The van der Waals surface area contributed by atoms with Crippen LogP contribution in [0.4, 0.5) is 5.82 Å². The third kappa shape index (κ3) is 3.99. The maximum absolute atomic E-state index is 4.50. The van der Waals surface area contributed by atoms with Gasteiger partial charge < -0.3 is 5.32 Å². The van der Waals surface area contributed by atoms with Gasteiger partial charge in [0.05, 0.1) is 0 Å². The van der Waals surface area contributed by atoms with Crippen LogP contribution in [0.15, 0.2) is 29.1 Å². The zero-order valence-electron chi connectivity index (χ0n) is 11.2. The van der Waals surface area contributed by atoms with Crippen molar-refractivity contribution in [2.45, 2.75) is 33.2 Å². The summed E-state index contributed by atoms with van der Waals surface area (Å²) in [6.07, 6.45) is 5.61. The van der Waals surface area contributed by atoms with Crippen LogP contribution in [0.2, 0.25) is 0 Å². The van der Waals surface area contributed by atoms with Gasteiger partial charge in [0, 0.05) is 31.4 Å². The van der Waals surface area contributed by atoms with Crippen molar-refractivity contribution in [3.8, 4) is 0 Å². The first-order chi connectivity index (χ1) is 9.19. The molecular weight excluding hydrogens is 304 g/mol. The van der Waals surface area contributed by atoms with E-state index in [0.29, 0.717) is 0 Å². The molecule has 0 fully saturated rings. The van der Waals surface area contributed by atoms with Gasteiger partial charge in [0.15, 0.2) is 0 Å². The van der Waals surface area contributed by atoms with Crippen molar-refractivity contribution in [1.82, 2.24) is 15.0 Å². The lowest BCUT2D eigenvalue weighted by molar-refractivity contribution is 0.828. The molecule has 0 amide bonds. The first-order valence-electron chi connectivity index (χ1n) is 6.36. The van der Waals surface area contributed by atoms with E-state index < -0.39 is 0 Å². The lowest BCUT2D eigenvalue weighted by Gasteiger charge is -2.09. The van der Waals surface area contributed by atoms with Crippen LogP contribution in [-0.4, -0.2) is 15.0 Å². The maximum atomic E-state index is 4.50. The molecule has 0 saturated heterocycles. The Hall–Kier alpha value is -1.49. The van der Waals surface area contributed by atoms with Crippen LogP contribution < -0.4 is 5.32 Å². The Kier molecular flexibility index (Phi) is 4.85. The van der Waals surface area contributed by atoms with Crippen molar-refractivity contribution in [2.75, 3.05) is 5.32 Å². The number of aromatic nitrogens is 3. The molecule has 0 spiro atoms. The Morgan fingerprint density at radius 1 is 1.32 bits per heavy atom. The van der Waals surface area contributed by atoms with E-state index >= 15 is 0 Å². The fourth-order valence-electron chi connectivity index (χ4n) is 1.78. The van der Waals surface area contributed by atoms with Crippen LogP contribution in [-0.2, 0) is 13.0 Å². The Bertz CT molecular complexity index is 557. The largest absolute Gasteiger partial charge is 0.366 e. The summed E-state index contributed by atoms with van der Waals surface area (Å²) in [6, 6.07) is 3.92. The molecule has 2 aromatic heterocycles. The van der Waals surface area contributed by atoms with Gasteiger partial charge in [-0.3, -0.25) is 4.98 Å². The highest BCUT2D eigenvalue weighted by atomic mass is 79.9. The standard InChI is InChI=1S/C14H17BrN4/c1-3-4-13-18-12(15)7-14(19-13)17-9-11-5-6-16-8-10(11)2/h5-8H,3-4,9H2,1-2H3,(H,17,18,19). The second-order valence-electron chi connectivity index (χ2n) is 4.40. The van der Waals surface area contributed by atoms with Crippen molar-refractivity contribution in [3.05, 3.63) is 46.1 Å². The van der Waals surface area contributed by atoms with Gasteiger partial charge in [0.1, 0.15) is 16.2 Å². The van der Waals surface area contributed by atoms with E-state index in [-0.39, 0.29) is 0 Å². The molecule has 0 radical (unpaired) electrons. The number of halogens is 1. The van der Waals surface area contributed by atoms with Crippen molar-refractivity contribution in [2.24, 2.45) is 0 Å². The van der Waals surface area contributed by atoms with Crippen LogP contribution in [0, 0.1) is 6.92 Å². The zero-order chi connectivity index (χ0) is 13.7. The monoisotopic (exact) mass is 320 g/mol. The van der Waals surface area contributed by atoms with Gasteiger partial charge in [-0.15, -0.1) is 0 Å². The third-order valence-electron chi connectivity index (χ3n) is 2.81. The Balaban J connectivity index is 2.09. The summed E-state index contributed by atoms with van der Waals surface area (Å²) in [4.78, 5) is 12.9. The lowest BCUT2D eigenvalue weighted by atomic mass is 10.1. The molecule has 0 bridgehead atoms. The molecule has 2 heterocycles. The van der Waals surface area contributed by atoms with Crippen LogP contribution >= 0.6 is 15.9 Å². The molecule has 0 unspecified atom stereocenters. The van der Waals surface area contributed by atoms with Gasteiger partial charge in [-0.1, -0.05) is 6.92 Å². The van der Waals surface area contributed by atoms with E-state index in [0.717, 1.165) is 35.6 Å². The summed E-state index contributed by atoms with van der Waals surface area (Å²) in [5, 5.41) is 3.33. The summed E-state index contributed by atoms with van der Waals surface area (Å²) in [5.74, 6) is 1.72. The number of rotatable bonds is 5. The minimum absolute atomic E-state index is 0.739. The Labute approximate surface area is 121 Å². The average molecular weight is 321 g/mol. The van der Waals surface area contributed by atoms with Crippen molar-refractivity contribution >= 4 is 21.7 Å². The fraction of sp³-hybridized carbons (Fsp3) is 0.357. The molecule has 2 aromatic rings. The molecule has 0 aliphatic carbocycles. The van der Waals surface area contributed by atoms with Gasteiger partial charge in [-0.05, 0) is 46.5 Å². The number of hydrogen-bond donors (Lipinski definition) is 1. The molecule has 0 saturated carbocycles. The molecule has 0 atom stereocenters. The SMILES string of the molecule is CCCc1nc(Br)cc(NCc2ccncc2C)n1. The topological polar surface area (TPSA) is 50.7 Å². The summed E-state index contributed by atoms with van der Waals surface area (Å²) in [6.45, 7) is 4.92. The first kappa shape index (κ1) is 13.9. The van der Waals surface area contributed by atoms with Crippen LogP contribution in [0.1, 0.15) is 30.3 Å². The van der Waals surface area contributed by atoms with E-state index in [1.165, 1.54) is 11.1 Å². The zero-order valence-corrected chi connectivity index (χ0v) is 12.7. The number of aryl methyl sites for hydroxylation is 2. The number of hydrogen-bond acceptors (Lipinski definition) is 4. The van der Waals surface area contributed by atoms with Gasteiger partial charge in [-0.2, -0.15) is 0 Å². The fourth-order valence-corrected chi connectivity index (χ4v) is 2.20. The molecular formula is C14H17BrN4. The molecule has 4 nitrogen and oxygen atoms in total. The number of nitrogens with one attached hydrogen (secondary N) is 1. The molecule has 2 rings (SSSR count). The van der Waals surface area contributed by atoms with E-state index in [4.69, 9.17) is 0 Å². The number of pyridine rings is 1. The number of nitrogens with zero attached hydrogens (tertiary/aromatic N) is 3. The third-order valence-corrected chi connectivity index (χ3v) is 3.22. The normalized spacial score (nSPS) is 10.5. The maximum Gasteiger partial charge on any atom is 0.132 e. The minimum atomic E-state index is 0.739. The Morgan fingerprint density at radius 2 is 2.16 bits per heavy atom. The molecule has 1 N–H and O–H groups in total. The minimum Gasteiger partial charge on any atom is -0.366 e. The summed E-state index contributed by atoms with van der Waals surface area (Å²) >= 11 is 3.42. The predicted molar refractivity (Wildman–Crippen MR) is 80.0 cm³/mol. The van der Waals surface area contributed by atoms with E-state index in [1.54, 1.807) is 0 Å². The predicted octanol–water partition coefficient (Wildman–Crippen LogP) is 3.51. The molecule has 5 heteroatoms. The van der Waals surface area contributed by atoms with E-state index in [9.17, 15) is 0 Å². The van der Waals surface area contributed by atoms with Gasteiger partial charge in [0.25, 0.3) is 0 Å². The molecule has 19 heavy (non-hydrogen) atoms. The van der Waals surface area contributed by atoms with Gasteiger partial charge in [0.2, 0.25) is 0 Å². The molecule has 0 aliphatic rings. The molecule has 0 aliphatic heterocycles. The van der Waals surface area contributed by atoms with Crippen LogP contribution in [0.3, 0.4) is 0 Å². The van der Waals surface area contributed by atoms with Crippen molar-refractivity contribution < 1.29 is 0 Å². The van der Waals surface area contributed by atoms with Crippen molar-refractivity contribution in [3.63, 3.8) is 0 Å². The summed E-state index contributed by atoms with van der Waals surface area (Å²) in [5.41, 5.74) is 2.40. The second-order valence-corrected chi connectivity index (χ2v) is 5.21. The quantitative estimate of drug-likeness (QED) is 0.856. The van der Waals surface area contributed by atoms with Gasteiger partial charge >= 0.3 is 0 Å². The smallest absolute Gasteiger partial charge is 0.132 e. The highest BCUT2D eigenvalue weighted by Crippen LogP contribution is 2.15. The molecule has 0 aromatic carbocycles. The summed E-state index contributed by atoms with van der Waals surface area (Å²) < 4.78 is 0.819. The highest BCUT2D eigenvalue weighted by molar-refractivity contribution is 9.10. The Morgan fingerprint density at radius 3 is 2.89 bits per heavy atom. The molecule has 100 valence electrons. The average Bonchev–Trinajstić information content (AvgIpc) is 2.37. The van der Waals surface area contributed by atoms with Crippen LogP contribution in [0.25, 0.3) is 0 Å². The number of anilines is 1. The van der Waals surface area contributed by atoms with Crippen LogP contribution in [0.5, 0.6) is 0 Å². The van der Waals surface area contributed by atoms with Gasteiger partial charge in [-0.25, -0.2) is 9.97 Å². The lowest BCUT2D eigenvalue weighted by Crippen LogP contribution is -2.06. The van der Waals surface area contributed by atoms with E-state index in [2.05, 4.69) is 50.0 Å². The second kappa shape index (κ2) is 6.61. The highest BCUT2D eigenvalue weighted by Gasteiger charge is 2.03. The first-order valence-corrected chi connectivity index (χ1v) is 7.15.